The molecule has 0 aromatic carbocycles. The third-order valence-electron chi connectivity index (χ3n) is 0.765. The van der Waals surface area contributed by atoms with Gasteiger partial charge in [-0.15, -0.1) is 6.58 Å². The smallest absolute Gasteiger partial charge is 0.172 e. The van der Waals surface area contributed by atoms with Gasteiger partial charge in [-0.05, 0) is 0 Å². The molecule has 0 aliphatic rings. The van der Waals surface area contributed by atoms with Crippen molar-refractivity contribution < 1.29 is 9.47 Å². The monoisotopic (exact) mass is 155 g/mol. The Bertz CT molecular complexity index is 132. The zero-order chi connectivity index (χ0) is 8.36. The van der Waals surface area contributed by atoms with E-state index in [2.05, 4.69) is 18.2 Å². The second-order valence-corrected chi connectivity index (χ2v) is 1.70. The molecule has 0 radical (unpaired) electrons. The van der Waals surface area contributed by atoms with Gasteiger partial charge in [-0.3, -0.25) is 0 Å². The lowest BCUT2D eigenvalue weighted by Gasteiger charge is -1.94. The predicted molar refractivity (Wildman–Crippen MR) is 45.7 cm³/mol. The first kappa shape index (κ1) is 9.91. The lowest BCUT2D eigenvalue weighted by atomic mass is 10.7. The van der Waals surface area contributed by atoms with Crippen molar-refractivity contribution >= 4 is 6.40 Å². The fourth-order valence-corrected chi connectivity index (χ4v) is 0.383. The van der Waals surface area contributed by atoms with Gasteiger partial charge in [0.05, 0.1) is 6.61 Å². The second-order valence-electron chi connectivity index (χ2n) is 1.70. The molecule has 0 atom stereocenters. The molecule has 3 nitrogen and oxygen atoms in total. The highest BCUT2D eigenvalue weighted by Crippen LogP contribution is 1.76. The van der Waals surface area contributed by atoms with Crippen molar-refractivity contribution in [2.45, 2.75) is 0 Å². The van der Waals surface area contributed by atoms with Crippen LogP contribution in [0.25, 0.3) is 0 Å². The van der Waals surface area contributed by atoms with Crippen molar-refractivity contribution in [3.05, 3.63) is 25.3 Å². The van der Waals surface area contributed by atoms with Crippen molar-refractivity contribution in [2.75, 3.05) is 19.9 Å². The average Bonchev–Trinajstić information content (AvgIpc) is 2.03. The first-order valence-electron chi connectivity index (χ1n) is 3.31. The fourth-order valence-electron chi connectivity index (χ4n) is 0.383. The van der Waals surface area contributed by atoms with Crippen LogP contribution < -0.4 is 0 Å². The molecule has 0 unspecified atom stereocenters. The summed E-state index contributed by atoms with van der Waals surface area (Å²) < 4.78 is 9.79. The summed E-state index contributed by atoms with van der Waals surface area (Å²) in [7, 11) is 0. The Morgan fingerprint density at radius 1 is 1.18 bits per heavy atom. The van der Waals surface area contributed by atoms with Crippen LogP contribution in [-0.2, 0) is 9.47 Å². The molecular formula is C8H13NO2. The van der Waals surface area contributed by atoms with E-state index in [4.69, 9.17) is 9.47 Å². The molecule has 0 aliphatic carbocycles. The highest BCUT2D eigenvalue weighted by atomic mass is 16.5. The minimum absolute atomic E-state index is 0.309. The molecule has 0 heterocycles. The molecule has 0 aliphatic heterocycles. The molecule has 0 saturated heterocycles. The van der Waals surface area contributed by atoms with Gasteiger partial charge in [0.15, 0.2) is 6.40 Å². The largest absolute Gasteiger partial charge is 0.479 e. The molecule has 0 N–H and O–H groups in total. The number of hydrogen-bond acceptors (Lipinski definition) is 3. The van der Waals surface area contributed by atoms with Gasteiger partial charge in [0.2, 0.25) is 0 Å². The van der Waals surface area contributed by atoms with Crippen molar-refractivity contribution in [1.82, 2.24) is 0 Å². The van der Waals surface area contributed by atoms with Crippen molar-refractivity contribution in [3.8, 4) is 0 Å². The van der Waals surface area contributed by atoms with Gasteiger partial charge in [0.1, 0.15) is 13.3 Å². The Hall–Kier alpha value is -1.09. The zero-order valence-corrected chi connectivity index (χ0v) is 6.53. The van der Waals surface area contributed by atoms with E-state index in [1.54, 1.807) is 12.2 Å². The Morgan fingerprint density at radius 2 is 1.91 bits per heavy atom. The SMILES string of the molecule is C=CCO/C=N/COCC=C. The van der Waals surface area contributed by atoms with Crippen LogP contribution in [0.3, 0.4) is 0 Å². The third-order valence-corrected chi connectivity index (χ3v) is 0.765. The second kappa shape index (κ2) is 8.91. The minimum Gasteiger partial charge on any atom is -0.479 e. The van der Waals surface area contributed by atoms with Gasteiger partial charge < -0.3 is 9.47 Å². The van der Waals surface area contributed by atoms with E-state index in [9.17, 15) is 0 Å². The Labute approximate surface area is 67.0 Å². The fraction of sp³-hybridized carbons (Fsp3) is 0.375. The maximum Gasteiger partial charge on any atom is 0.172 e. The van der Waals surface area contributed by atoms with Gasteiger partial charge in [-0.2, -0.15) is 0 Å². The van der Waals surface area contributed by atoms with E-state index >= 15 is 0 Å². The number of aliphatic imine (C=N–C) groups is 1. The van der Waals surface area contributed by atoms with Gasteiger partial charge in [0.25, 0.3) is 0 Å². The van der Waals surface area contributed by atoms with Gasteiger partial charge in [-0.1, -0.05) is 18.7 Å². The lowest BCUT2D eigenvalue weighted by molar-refractivity contribution is 0.170. The Balaban J connectivity index is 3.02. The van der Waals surface area contributed by atoms with Crippen molar-refractivity contribution in [2.24, 2.45) is 4.99 Å². The van der Waals surface area contributed by atoms with E-state index in [1.165, 1.54) is 6.40 Å². The van der Waals surface area contributed by atoms with Gasteiger partial charge in [0, 0.05) is 0 Å². The molecule has 3 heteroatoms. The van der Waals surface area contributed by atoms with E-state index in [1.807, 2.05) is 0 Å². The molecule has 0 rings (SSSR count). The van der Waals surface area contributed by atoms with Crippen LogP contribution in [0, 0.1) is 0 Å². The Kier molecular flexibility index (Phi) is 8.03. The topological polar surface area (TPSA) is 30.8 Å². The van der Waals surface area contributed by atoms with E-state index in [0.29, 0.717) is 19.9 Å². The molecule has 0 fully saturated rings. The number of hydrogen-bond donors (Lipinski definition) is 0. The summed E-state index contributed by atoms with van der Waals surface area (Å²) in [6.45, 7) is 8.26. The summed E-state index contributed by atoms with van der Waals surface area (Å²) in [5.41, 5.74) is 0. The summed E-state index contributed by atoms with van der Waals surface area (Å²) in [6.07, 6.45) is 4.67. The van der Waals surface area contributed by atoms with Crippen LogP contribution in [-0.4, -0.2) is 26.3 Å². The summed E-state index contributed by atoms with van der Waals surface area (Å²) in [5, 5.41) is 0. The van der Waals surface area contributed by atoms with Crippen LogP contribution in [0.4, 0.5) is 0 Å². The molecule has 0 amide bonds. The van der Waals surface area contributed by atoms with Crippen LogP contribution in [0.2, 0.25) is 0 Å². The highest BCUT2D eigenvalue weighted by molar-refractivity contribution is 5.46. The van der Waals surface area contributed by atoms with Crippen molar-refractivity contribution in [3.63, 3.8) is 0 Å². The maximum atomic E-state index is 4.94. The number of rotatable bonds is 7. The molecule has 0 aromatic heterocycles. The first-order chi connectivity index (χ1) is 5.41. The lowest BCUT2D eigenvalue weighted by Crippen LogP contribution is -1.93. The predicted octanol–water partition coefficient (Wildman–Crippen LogP) is 1.38. The molecule has 0 aromatic rings. The van der Waals surface area contributed by atoms with Crippen LogP contribution >= 0.6 is 0 Å². The van der Waals surface area contributed by atoms with E-state index in [-0.39, 0.29) is 0 Å². The minimum atomic E-state index is 0.309. The van der Waals surface area contributed by atoms with E-state index < -0.39 is 0 Å². The maximum absolute atomic E-state index is 4.94. The molecule has 62 valence electrons. The first-order valence-corrected chi connectivity index (χ1v) is 3.31. The summed E-state index contributed by atoms with van der Waals surface area (Å²) in [5.74, 6) is 0. The van der Waals surface area contributed by atoms with Gasteiger partial charge >= 0.3 is 0 Å². The van der Waals surface area contributed by atoms with Crippen LogP contribution in [0.5, 0.6) is 0 Å². The van der Waals surface area contributed by atoms with E-state index in [0.717, 1.165) is 0 Å². The zero-order valence-electron chi connectivity index (χ0n) is 6.53. The third kappa shape index (κ3) is 8.91. The summed E-state index contributed by atoms with van der Waals surface area (Å²) in [4.78, 5) is 3.78. The summed E-state index contributed by atoms with van der Waals surface area (Å²) >= 11 is 0. The van der Waals surface area contributed by atoms with Gasteiger partial charge in [-0.25, -0.2) is 4.99 Å². The summed E-state index contributed by atoms with van der Waals surface area (Å²) in [6, 6.07) is 0. The van der Waals surface area contributed by atoms with Crippen LogP contribution in [0.15, 0.2) is 30.3 Å². The standard InChI is InChI=1S/C8H13NO2/c1-3-5-10-7-9-8-11-6-4-2/h3-4,7H,1-2,5-6,8H2/b9-7+. The Morgan fingerprint density at radius 3 is 2.55 bits per heavy atom. The van der Waals surface area contributed by atoms with Crippen molar-refractivity contribution in [1.29, 1.82) is 0 Å². The number of ether oxygens (including phenoxy) is 2. The quantitative estimate of drug-likeness (QED) is 0.241. The number of nitrogens with zero attached hydrogens (tertiary/aromatic N) is 1. The molecule has 0 saturated carbocycles. The molecule has 0 spiro atoms. The highest BCUT2D eigenvalue weighted by Gasteiger charge is 1.76. The molecular weight excluding hydrogens is 142 g/mol. The molecule has 0 bridgehead atoms. The van der Waals surface area contributed by atoms with Crippen LogP contribution in [0.1, 0.15) is 0 Å². The molecule has 11 heavy (non-hydrogen) atoms. The average molecular weight is 155 g/mol. The normalized spacial score (nSPS) is 9.82.